The molecule has 2 aromatic carbocycles. The van der Waals surface area contributed by atoms with Crippen LogP contribution in [0.2, 0.25) is 0 Å². The van der Waals surface area contributed by atoms with Crippen LogP contribution in [0.1, 0.15) is 35.3 Å². The zero-order valence-electron chi connectivity index (χ0n) is 14.1. The van der Waals surface area contributed by atoms with Crippen LogP contribution in [-0.4, -0.2) is 18.5 Å². The van der Waals surface area contributed by atoms with Crippen molar-refractivity contribution < 1.29 is 18.7 Å². The molecule has 0 fully saturated rings. The van der Waals surface area contributed by atoms with Gasteiger partial charge in [-0.2, -0.15) is 0 Å². The van der Waals surface area contributed by atoms with Crippen molar-refractivity contribution in [3.05, 3.63) is 63.4 Å². The Morgan fingerprint density at radius 2 is 1.76 bits per heavy atom. The Hall–Kier alpha value is -2.21. The lowest BCUT2D eigenvalue weighted by Gasteiger charge is -2.14. The van der Waals surface area contributed by atoms with E-state index in [4.69, 9.17) is 4.74 Å². The average Bonchev–Trinajstić information content (AvgIpc) is 2.61. The van der Waals surface area contributed by atoms with Gasteiger partial charge in [-0.3, -0.25) is 4.79 Å². The second-order valence-electron chi connectivity index (χ2n) is 5.41. The Morgan fingerprint density at radius 1 is 1.12 bits per heavy atom. The van der Waals surface area contributed by atoms with Crippen LogP contribution in [-0.2, 0) is 22.4 Å². The van der Waals surface area contributed by atoms with E-state index in [9.17, 15) is 14.0 Å². The van der Waals surface area contributed by atoms with E-state index in [0.717, 1.165) is 35.7 Å². The molecule has 0 radical (unpaired) electrons. The Bertz CT molecular complexity index is 770. The summed E-state index contributed by atoms with van der Waals surface area (Å²) in [7, 11) is 0. The Labute approximate surface area is 154 Å². The number of ether oxygens (including phenoxy) is 1. The van der Waals surface area contributed by atoms with Gasteiger partial charge in [0.1, 0.15) is 5.82 Å². The Kier molecular flexibility index (Phi) is 6.70. The number of halogens is 2. The molecular formula is C19H19BrFNO3. The first-order chi connectivity index (χ1) is 12.0. The van der Waals surface area contributed by atoms with E-state index in [1.165, 1.54) is 12.1 Å². The fourth-order valence-corrected chi connectivity index (χ4v) is 2.80. The van der Waals surface area contributed by atoms with Crippen molar-refractivity contribution in [2.75, 3.05) is 11.9 Å². The molecule has 6 heteroatoms. The van der Waals surface area contributed by atoms with E-state index < -0.39 is 24.3 Å². The van der Waals surface area contributed by atoms with E-state index in [-0.39, 0.29) is 5.56 Å². The number of para-hydroxylation sites is 1. The number of carbonyl (C=O) groups excluding carboxylic acids is 2. The Morgan fingerprint density at radius 3 is 2.36 bits per heavy atom. The van der Waals surface area contributed by atoms with E-state index in [1.54, 1.807) is 0 Å². The molecule has 0 saturated carbocycles. The van der Waals surface area contributed by atoms with Crippen LogP contribution in [0.15, 0.2) is 40.9 Å². The predicted molar refractivity (Wildman–Crippen MR) is 98.2 cm³/mol. The number of amides is 1. The van der Waals surface area contributed by atoms with Crippen molar-refractivity contribution in [2.45, 2.75) is 26.7 Å². The van der Waals surface area contributed by atoms with E-state index >= 15 is 0 Å². The normalized spacial score (nSPS) is 10.4. The topological polar surface area (TPSA) is 55.4 Å². The van der Waals surface area contributed by atoms with Gasteiger partial charge in [0.25, 0.3) is 5.91 Å². The van der Waals surface area contributed by atoms with Gasteiger partial charge in [0.2, 0.25) is 0 Å². The number of nitrogens with one attached hydrogen (secondary N) is 1. The number of aryl methyl sites for hydroxylation is 2. The maximum Gasteiger partial charge on any atom is 0.341 e. The van der Waals surface area contributed by atoms with E-state index in [0.29, 0.717) is 4.47 Å². The zero-order chi connectivity index (χ0) is 18.4. The third-order valence-electron chi connectivity index (χ3n) is 3.75. The van der Waals surface area contributed by atoms with Gasteiger partial charge in [-0.15, -0.1) is 0 Å². The lowest BCUT2D eigenvalue weighted by Crippen LogP contribution is -2.22. The van der Waals surface area contributed by atoms with Crippen molar-refractivity contribution in [2.24, 2.45) is 0 Å². The number of anilines is 1. The minimum atomic E-state index is -0.881. The van der Waals surface area contributed by atoms with Gasteiger partial charge in [0.15, 0.2) is 6.61 Å². The Balaban J connectivity index is 2.04. The van der Waals surface area contributed by atoms with Crippen molar-refractivity contribution in [1.82, 2.24) is 0 Å². The first-order valence-corrected chi connectivity index (χ1v) is 8.78. The smallest absolute Gasteiger partial charge is 0.341 e. The van der Waals surface area contributed by atoms with Crippen LogP contribution in [0.25, 0.3) is 0 Å². The van der Waals surface area contributed by atoms with Crippen LogP contribution in [0.3, 0.4) is 0 Å². The van der Waals surface area contributed by atoms with Crippen molar-refractivity contribution in [3.8, 4) is 0 Å². The summed E-state index contributed by atoms with van der Waals surface area (Å²) in [5.41, 5.74) is 2.56. The molecule has 0 aliphatic rings. The molecule has 0 spiro atoms. The fraction of sp³-hybridized carbons (Fsp3) is 0.263. The molecule has 2 rings (SSSR count). The van der Waals surface area contributed by atoms with Crippen LogP contribution in [0.4, 0.5) is 10.1 Å². The molecule has 0 unspecified atom stereocenters. The summed E-state index contributed by atoms with van der Waals surface area (Å²) in [5.74, 6) is -2.04. The number of benzene rings is 2. The lowest BCUT2D eigenvalue weighted by molar-refractivity contribution is -0.119. The van der Waals surface area contributed by atoms with Gasteiger partial charge in [-0.05, 0) is 42.2 Å². The monoisotopic (exact) mass is 407 g/mol. The first kappa shape index (κ1) is 19.1. The zero-order valence-corrected chi connectivity index (χ0v) is 15.7. The maximum atomic E-state index is 13.7. The third kappa shape index (κ3) is 4.89. The summed E-state index contributed by atoms with van der Waals surface area (Å²) >= 11 is 3.17. The van der Waals surface area contributed by atoms with Gasteiger partial charge >= 0.3 is 5.97 Å². The van der Waals surface area contributed by atoms with Gasteiger partial charge in [0, 0.05) is 10.2 Å². The van der Waals surface area contributed by atoms with Crippen LogP contribution in [0.5, 0.6) is 0 Å². The molecule has 0 atom stereocenters. The third-order valence-corrected chi connectivity index (χ3v) is 4.24. The summed E-state index contributed by atoms with van der Waals surface area (Å²) in [5, 5.41) is 2.79. The van der Waals surface area contributed by atoms with E-state index in [1.807, 2.05) is 32.0 Å². The van der Waals surface area contributed by atoms with Gasteiger partial charge in [-0.1, -0.05) is 48.0 Å². The van der Waals surface area contributed by atoms with Gasteiger partial charge < -0.3 is 10.1 Å². The molecule has 0 aliphatic carbocycles. The number of carbonyl (C=O) groups is 2. The molecule has 4 nitrogen and oxygen atoms in total. The first-order valence-electron chi connectivity index (χ1n) is 7.99. The summed E-state index contributed by atoms with van der Waals surface area (Å²) in [6.45, 7) is 3.52. The minimum absolute atomic E-state index is 0.217. The SMILES string of the molecule is CCc1cccc(CC)c1NC(=O)COC(=O)c1cc(Br)ccc1F. The molecule has 0 aliphatic heterocycles. The number of hydrogen-bond donors (Lipinski definition) is 1. The van der Waals surface area contributed by atoms with E-state index in [2.05, 4.69) is 21.2 Å². The lowest BCUT2D eigenvalue weighted by atomic mass is 10.0. The maximum absolute atomic E-state index is 13.7. The molecule has 0 heterocycles. The summed E-state index contributed by atoms with van der Waals surface area (Å²) in [6.07, 6.45) is 1.54. The molecule has 0 saturated heterocycles. The van der Waals surface area contributed by atoms with Crippen molar-refractivity contribution in [3.63, 3.8) is 0 Å². The molecule has 0 bridgehead atoms. The fourth-order valence-electron chi connectivity index (χ4n) is 2.44. The van der Waals surface area contributed by atoms with Gasteiger partial charge in [-0.25, -0.2) is 9.18 Å². The standard InChI is InChI=1S/C19H19BrFNO3/c1-3-12-6-5-7-13(4-2)18(12)22-17(23)11-25-19(24)15-10-14(20)8-9-16(15)21/h5-10H,3-4,11H2,1-2H3,(H,22,23). The summed E-state index contributed by atoms with van der Waals surface area (Å²) < 4.78 is 19.2. The van der Waals surface area contributed by atoms with Crippen molar-refractivity contribution >= 4 is 33.5 Å². The minimum Gasteiger partial charge on any atom is -0.452 e. The highest BCUT2D eigenvalue weighted by Crippen LogP contribution is 2.22. The summed E-state index contributed by atoms with van der Waals surface area (Å²) in [4.78, 5) is 24.1. The highest BCUT2D eigenvalue weighted by molar-refractivity contribution is 9.10. The van der Waals surface area contributed by atoms with Crippen LogP contribution < -0.4 is 5.32 Å². The molecule has 0 aromatic heterocycles. The second-order valence-corrected chi connectivity index (χ2v) is 6.32. The average molecular weight is 408 g/mol. The highest BCUT2D eigenvalue weighted by Gasteiger charge is 2.16. The molecule has 1 N–H and O–H groups in total. The second kappa shape index (κ2) is 8.76. The predicted octanol–water partition coefficient (Wildman–Crippen LogP) is 4.51. The van der Waals surface area contributed by atoms with Crippen LogP contribution in [0, 0.1) is 5.82 Å². The van der Waals surface area contributed by atoms with Gasteiger partial charge in [0.05, 0.1) is 5.56 Å². The highest BCUT2D eigenvalue weighted by atomic mass is 79.9. The molecule has 132 valence electrons. The largest absolute Gasteiger partial charge is 0.452 e. The molecular weight excluding hydrogens is 389 g/mol. The van der Waals surface area contributed by atoms with Crippen molar-refractivity contribution in [1.29, 1.82) is 0 Å². The summed E-state index contributed by atoms with van der Waals surface area (Å²) in [6, 6.07) is 9.79. The number of hydrogen-bond acceptors (Lipinski definition) is 3. The molecule has 2 aromatic rings. The quantitative estimate of drug-likeness (QED) is 0.716. The van der Waals surface area contributed by atoms with Crippen LogP contribution >= 0.6 is 15.9 Å². The molecule has 1 amide bonds. The number of esters is 1. The molecule has 25 heavy (non-hydrogen) atoms. The number of rotatable bonds is 6.